The molecule has 9 heteroatoms. The zero-order chi connectivity index (χ0) is 17.1. The van der Waals surface area contributed by atoms with E-state index in [1.165, 1.54) is 4.68 Å². The van der Waals surface area contributed by atoms with Gasteiger partial charge in [-0.15, -0.1) is 0 Å². The third-order valence-electron chi connectivity index (χ3n) is 3.34. The van der Waals surface area contributed by atoms with Crippen LogP contribution in [0.1, 0.15) is 11.4 Å². The summed E-state index contributed by atoms with van der Waals surface area (Å²) in [5, 5.41) is 8.38. The van der Waals surface area contributed by atoms with Gasteiger partial charge in [0.25, 0.3) is 5.56 Å². The Morgan fingerprint density at radius 1 is 1.48 bits per heavy atom. The number of aromatic amines is 1. The number of rotatable bonds is 3. The molecular formula is C14H17IN5OPS. The smallest absolute Gasteiger partial charge is 0.274 e. The first-order chi connectivity index (χ1) is 11.1. The van der Waals surface area contributed by atoms with E-state index in [9.17, 15) is 4.79 Å². The molecule has 0 spiro atoms. The normalized spacial score (nSPS) is 11.0. The Balaban J connectivity index is 0.000000924. The minimum Gasteiger partial charge on any atom is -0.300 e. The minimum absolute atomic E-state index is 0.0584. The summed E-state index contributed by atoms with van der Waals surface area (Å²) in [6.45, 7) is 5.68. The van der Waals surface area contributed by atoms with E-state index in [0.29, 0.717) is 11.9 Å². The van der Waals surface area contributed by atoms with E-state index in [2.05, 4.69) is 56.4 Å². The molecule has 0 radical (unpaired) electrons. The van der Waals surface area contributed by atoms with E-state index in [4.69, 9.17) is 0 Å². The number of H-pyrrole nitrogens is 1. The Labute approximate surface area is 154 Å². The highest BCUT2D eigenvalue weighted by atomic mass is 127. The van der Waals surface area contributed by atoms with Gasteiger partial charge in [-0.25, -0.2) is 9.44 Å². The molecule has 0 saturated carbocycles. The van der Waals surface area contributed by atoms with Crippen molar-refractivity contribution in [3.8, 4) is 11.1 Å². The highest BCUT2D eigenvalue weighted by Crippen LogP contribution is 2.31. The Morgan fingerprint density at radius 3 is 2.70 bits per heavy atom. The van der Waals surface area contributed by atoms with Crippen molar-refractivity contribution in [1.82, 2.24) is 24.3 Å². The van der Waals surface area contributed by atoms with E-state index in [0.717, 1.165) is 28.0 Å². The highest BCUT2D eigenvalue weighted by Gasteiger charge is 2.15. The van der Waals surface area contributed by atoms with Gasteiger partial charge in [-0.3, -0.25) is 14.6 Å². The third kappa shape index (κ3) is 3.25. The molecule has 122 valence electrons. The Kier molecular flexibility index (Phi) is 6.05. The van der Waals surface area contributed by atoms with E-state index >= 15 is 0 Å². The number of fused-ring (bicyclic) bond motifs is 1. The monoisotopic (exact) mass is 461 g/mol. The molecule has 0 fully saturated rings. The second-order valence-corrected chi connectivity index (χ2v) is 6.70. The van der Waals surface area contributed by atoms with Gasteiger partial charge < -0.3 is 0 Å². The van der Waals surface area contributed by atoms with E-state index in [-0.39, 0.29) is 5.56 Å². The Morgan fingerprint density at radius 2 is 2.17 bits per heavy atom. The van der Waals surface area contributed by atoms with Crippen LogP contribution in [0, 0.1) is 6.92 Å². The maximum absolute atomic E-state index is 12.2. The molecule has 3 aromatic heterocycles. The summed E-state index contributed by atoms with van der Waals surface area (Å²) < 4.78 is 3.32. The van der Waals surface area contributed by atoms with Crippen molar-refractivity contribution in [2.75, 3.05) is 6.26 Å². The second kappa shape index (κ2) is 7.63. The summed E-state index contributed by atoms with van der Waals surface area (Å²) in [5.74, 6) is 0. The minimum atomic E-state index is -0.0584. The second-order valence-electron chi connectivity index (χ2n) is 4.66. The van der Waals surface area contributed by atoms with Crippen molar-refractivity contribution in [1.29, 1.82) is 0 Å². The van der Waals surface area contributed by atoms with Gasteiger partial charge in [0, 0.05) is 29.9 Å². The van der Waals surface area contributed by atoms with Crippen LogP contribution in [0.15, 0.2) is 23.6 Å². The highest BCUT2D eigenvalue weighted by molar-refractivity contribution is 14.2. The van der Waals surface area contributed by atoms with Gasteiger partial charge in [0.1, 0.15) is 0 Å². The molecule has 1 unspecified atom stereocenters. The SMILES string of the molecule is C=Cc1nn(PI)c2ncc(-c3c(C)[nH]n(C)c3=O)cc12.CS. The quantitative estimate of drug-likeness (QED) is 0.357. The molecule has 0 saturated heterocycles. The summed E-state index contributed by atoms with van der Waals surface area (Å²) in [6.07, 6.45) is 5.59. The van der Waals surface area contributed by atoms with Crippen molar-refractivity contribution >= 4 is 58.2 Å². The molecule has 3 rings (SSSR count). The number of aromatic nitrogens is 5. The predicted molar refractivity (Wildman–Crippen MR) is 110 cm³/mol. The topological polar surface area (TPSA) is 68.5 Å². The summed E-state index contributed by atoms with van der Waals surface area (Å²) in [7, 11) is 1.70. The number of nitrogens with one attached hydrogen (secondary N) is 1. The molecule has 0 aliphatic carbocycles. The van der Waals surface area contributed by atoms with Gasteiger partial charge in [-0.1, -0.05) is 6.58 Å². The van der Waals surface area contributed by atoms with Crippen molar-refractivity contribution < 1.29 is 0 Å². The summed E-state index contributed by atoms with van der Waals surface area (Å²) in [6, 6.07) is 1.96. The maximum Gasteiger partial charge on any atom is 0.274 e. The van der Waals surface area contributed by atoms with Crippen LogP contribution in [0.25, 0.3) is 28.2 Å². The predicted octanol–water partition coefficient (Wildman–Crippen LogP) is 3.41. The van der Waals surface area contributed by atoms with Crippen molar-refractivity contribution in [3.05, 3.63) is 40.6 Å². The molecule has 3 heterocycles. The molecule has 0 bridgehead atoms. The van der Waals surface area contributed by atoms with Crippen LogP contribution in [-0.2, 0) is 7.05 Å². The fourth-order valence-corrected chi connectivity index (χ4v) is 3.81. The van der Waals surface area contributed by atoms with E-state index < -0.39 is 0 Å². The average molecular weight is 461 g/mol. The van der Waals surface area contributed by atoms with Crippen molar-refractivity contribution in [2.45, 2.75) is 6.92 Å². The van der Waals surface area contributed by atoms with Gasteiger partial charge in [0.15, 0.2) is 5.65 Å². The van der Waals surface area contributed by atoms with Crippen LogP contribution < -0.4 is 5.56 Å². The number of thiol groups is 1. The van der Waals surface area contributed by atoms with Crippen molar-refractivity contribution in [2.24, 2.45) is 7.05 Å². The first-order valence-electron chi connectivity index (χ1n) is 6.65. The number of pyridine rings is 1. The molecule has 3 aromatic rings. The van der Waals surface area contributed by atoms with Gasteiger partial charge >= 0.3 is 0 Å². The molecule has 0 aliphatic heterocycles. The van der Waals surface area contributed by atoms with Crippen LogP contribution in [0.2, 0.25) is 0 Å². The van der Waals surface area contributed by atoms with Gasteiger partial charge in [0.05, 0.1) is 17.6 Å². The number of aryl methyl sites for hydroxylation is 2. The number of halogens is 1. The fourth-order valence-electron chi connectivity index (χ4n) is 2.40. The van der Waals surface area contributed by atoms with Crippen LogP contribution in [-0.4, -0.2) is 30.6 Å². The third-order valence-corrected chi connectivity index (χ3v) is 5.18. The summed E-state index contributed by atoms with van der Waals surface area (Å²) in [5.41, 5.74) is 3.80. The van der Waals surface area contributed by atoms with Crippen LogP contribution in [0.3, 0.4) is 0 Å². The molecule has 23 heavy (non-hydrogen) atoms. The van der Waals surface area contributed by atoms with Gasteiger partial charge in [-0.05, 0) is 47.4 Å². The molecule has 6 nitrogen and oxygen atoms in total. The maximum atomic E-state index is 12.2. The van der Waals surface area contributed by atoms with Crippen LogP contribution in [0.5, 0.6) is 0 Å². The zero-order valence-corrected chi connectivity index (χ0v) is 17.0. The molecule has 1 N–H and O–H groups in total. The zero-order valence-electron chi connectivity index (χ0n) is 13.0. The Hall–Kier alpha value is -1.12. The van der Waals surface area contributed by atoms with E-state index in [1.54, 1.807) is 25.6 Å². The molecule has 0 amide bonds. The molecular weight excluding hydrogens is 444 g/mol. The number of nitrogens with zero attached hydrogens (tertiary/aromatic N) is 4. The lowest BCUT2D eigenvalue weighted by Crippen LogP contribution is -2.13. The summed E-state index contributed by atoms with van der Waals surface area (Å²) >= 11 is 5.79. The van der Waals surface area contributed by atoms with E-state index in [1.807, 2.05) is 17.4 Å². The molecule has 0 aromatic carbocycles. The van der Waals surface area contributed by atoms with Gasteiger partial charge in [0.2, 0.25) is 0 Å². The van der Waals surface area contributed by atoms with Crippen LogP contribution >= 0.6 is 41.0 Å². The number of hydrogen-bond donors (Lipinski definition) is 2. The first-order valence-corrected chi connectivity index (χ1v) is 11.6. The van der Waals surface area contributed by atoms with Crippen LogP contribution in [0.4, 0.5) is 0 Å². The first kappa shape index (κ1) is 18.2. The average Bonchev–Trinajstić information content (AvgIpc) is 3.05. The Bertz CT molecular complexity index is 914. The van der Waals surface area contributed by atoms with Crippen molar-refractivity contribution in [3.63, 3.8) is 0 Å². The lowest BCUT2D eigenvalue weighted by atomic mass is 10.1. The summed E-state index contributed by atoms with van der Waals surface area (Å²) in [4.78, 5) is 16.7. The van der Waals surface area contributed by atoms with Gasteiger partial charge in [-0.2, -0.15) is 17.7 Å². The lowest BCUT2D eigenvalue weighted by Gasteiger charge is -2.00. The number of hydrogen-bond acceptors (Lipinski definition) is 4. The standard InChI is InChI=1S/C13H13IN5OP.CH4S/c1-4-10-9-5-8(6-15-12(9)19(17-10)21-14)11-7(2)16-18(3)13(11)20;1-2/h4-6,16,21H,1H2,2-3H3;2H,1H3. The lowest BCUT2D eigenvalue weighted by molar-refractivity contribution is 0.731. The largest absolute Gasteiger partial charge is 0.300 e. The molecule has 1 atom stereocenters. The molecule has 0 aliphatic rings. The fraction of sp³-hybridized carbons (Fsp3) is 0.214.